The Kier molecular flexibility index (Phi) is 3.78. The van der Waals surface area contributed by atoms with Crippen LogP contribution in [0.1, 0.15) is 37.8 Å². The lowest BCUT2D eigenvalue weighted by Crippen LogP contribution is -2.20. The Morgan fingerprint density at radius 2 is 2.00 bits per heavy atom. The second kappa shape index (κ2) is 5.31. The van der Waals surface area contributed by atoms with E-state index >= 15 is 0 Å². The van der Waals surface area contributed by atoms with E-state index in [4.69, 9.17) is 16.3 Å². The zero-order valence-electron chi connectivity index (χ0n) is 8.66. The number of halogens is 1. The van der Waals surface area contributed by atoms with Gasteiger partial charge in [0.2, 0.25) is 5.88 Å². The predicted octanol–water partition coefficient (Wildman–Crippen LogP) is 2.93. The molecule has 82 valence electrons. The van der Waals surface area contributed by atoms with Crippen LogP contribution in [0.15, 0.2) is 12.1 Å². The molecule has 0 saturated heterocycles. The minimum Gasteiger partial charge on any atom is -0.473 e. The number of ether oxygens (including phenoxy) is 1. The Hall–Kier alpha value is -0.830. The predicted molar refractivity (Wildman–Crippen MR) is 59.1 cm³/mol. The first kappa shape index (κ1) is 10.7. The van der Waals surface area contributed by atoms with Crippen LogP contribution in [0.3, 0.4) is 0 Å². The fourth-order valence-electron chi connectivity index (χ4n) is 1.84. The molecule has 0 N–H and O–H groups in total. The SMILES string of the molecule is ClCc1ccc(OC2CCCCC2)nn1. The molecule has 1 aromatic rings. The normalized spacial score (nSPS) is 17.7. The van der Waals surface area contributed by atoms with Crippen molar-refractivity contribution in [3.05, 3.63) is 17.8 Å². The Morgan fingerprint density at radius 1 is 1.20 bits per heavy atom. The molecule has 1 heterocycles. The van der Waals surface area contributed by atoms with E-state index in [9.17, 15) is 0 Å². The summed E-state index contributed by atoms with van der Waals surface area (Å²) in [6.45, 7) is 0. The van der Waals surface area contributed by atoms with Gasteiger partial charge in [-0.3, -0.25) is 0 Å². The average molecular weight is 227 g/mol. The maximum atomic E-state index is 5.74. The molecule has 1 aliphatic rings. The Labute approximate surface area is 94.8 Å². The van der Waals surface area contributed by atoms with Gasteiger partial charge >= 0.3 is 0 Å². The molecular formula is C11H15ClN2O. The molecule has 3 nitrogen and oxygen atoms in total. The maximum Gasteiger partial charge on any atom is 0.233 e. The van der Waals surface area contributed by atoms with E-state index in [2.05, 4.69) is 10.2 Å². The lowest BCUT2D eigenvalue weighted by atomic mass is 9.98. The summed E-state index contributed by atoms with van der Waals surface area (Å²) in [5, 5.41) is 7.94. The van der Waals surface area contributed by atoms with Crippen molar-refractivity contribution in [2.75, 3.05) is 0 Å². The highest BCUT2D eigenvalue weighted by molar-refractivity contribution is 6.16. The molecule has 15 heavy (non-hydrogen) atoms. The number of alkyl halides is 1. The monoisotopic (exact) mass is 226 g/mol. The van der Waals surface area contributed by atoms with Gasteiger partial charge in [0.1, 0.15) is 6.10 Å². The third kappa shape index (κ3) is 3.06. The molecule has 4 heteroatoms. The van der Waals surface area contributed by atoms with Gasteiger partial charge in [0.25, 0.3) is 0 Å². The first-order valence-electron chi connectivity index (χ1n) is 5.44. The molecule has 0 atom stereocenters. The Bertz CT molecular complexity index is 296. The van der Waals surface area contributed by atoms with Crippen LogP contribution >= 0.6 is 11.6 Å². The highest BCUT2D eigenvalue weighted by atomic mass is 35.5. The van der Waals surface area contributed by atoms with Crippen molar-refractivity contribution in [2.45, 2.75) is 44.1 Å². The van der Waals surface area contributed by atoms with Crippen LogP contribution in [0.4, 0.5) is 0 Å². The number of hydrogen-bond donors (Lipinski definition) is 0. The standard InChI is InChI=1S/C11H15ClN2O/c12-8-9-6-7-11(14-13-9)15-10-4-2-1-3-5-10/h6-7,10H,1-5,8H2. The zero-order valence-corrected chi connectivity index (χ0v) is 9.41. The maximum absolute atomic E-state index is 5.74. The van der Waals surface area contributed by atoms with E-state index in [1.54, 1.807) is 0 Å². The van der Waals surface area contributed by atoms with Gasteiger partial charge in [-0.05, 0) is 31.7 Å². The topological polar surface area (TPSA) is 35.0 Å². The van der Waals surface area contributed by atoms with Gasteiger partial charge in [-0.1, -0.05) is 6.42 Å². The summed E-state index contributed by atoms with van der Waals surface area (Å²) in [7, 11) is 0. The lowest BCUT2D eigenvalue weighted by molar-refractivity contribution is 0.147. The molecule has 2 rings (SSSR count). The van der Waals surface area contributed by atoms with E-state index in [0.29, 0.717) is 17.9 Å². The number of rotatable bonds is 3. The second-order valence-electron chi connectivity index (χ2n) is 3.87. The van der Waals surface area contributed by atoms with Gasteiger partial charge in [-0.25, -0.2) is 0 Å². The van der Waals surface area contributed by atoms with Gasteiger partial charge in [0.15, 0.2) is 0 Å². The molecule has 1 fully saturated rings. The fourth-order valence-corrected chi connectivity index (χ4v) is 1.98. The third-order valence-corrected chi connectivity index (χ3v) is 2.95. The van der Waals surface area contributed by atoms with E-state index < -0.39 is 0 Å². The summed E-state index contributed by atoms with van der Waals surface area (Å²) < 4.78 is 5.74. The fraction of sp³-hybridized carbons (Fsp3) is 0.636. The van der Waals surface area contributed by atoms with E-state index in [1.807, 2.05) is 12.1 Å². The molecule has 0 aromatic carbocycles. The Balaban J connectivity index is 1.91. The largest absolute Gasteiger partial charge is 0.473 e. The zero-order chi connectivity index (χ0) is 10.5. The van der Waals surface area contributed by atoms with Gasteiger partial charge in [0, 0.05) is 6.07 Å². The third-order valence-electron chi connectivity index (χ3n) is 2.67. The highest BCUT2D eigenvalue weighted by Gasteiger charge is 2.15. The van der Waals surface area contributed by atoms with Crippen molar-refractivity contribution in [3.8, 4) is 5.88 Å². The van der Waals surface area contributed by atoms with Gasteiger partial charge < -0.3 is 4.74 Å². The van der Waals surface area contributed by atoms with E-state index in [1.165, 1.54) is 19.3 Å². The van der Waals surface area contributed by atoms with Crippen LogP contribution in [-0.4, -0.2) is 16.3 Å². The number of nitrogens with zero attached hydrogens (tertiary/aromatic N) is 2. The summed E-state index contributed by atoms with van der Waals surface area (Å²) in [5.41, 5.74) is 0.785. The molecule has 1 aromatic heterocycles. The van der Waals surface area contributed by atoms with Crippen LogP contribution in [0.25, 0.3) is 0 Å². The van der Waals surface area contributed by atoms with Crippen LogP contribution in [0.5, 0.6) is 5.88 Å². The quantitative estimate of drug-likeness (QED) is 0.744. The lowest BCUT2D eigenvalue weighted by Gasteiger charge is -2.21. The van der Waals surface area contributed by atoms with E-state index in [0.717, 1.165) is 18.5 Å². The van der Waals surface area contributed by atoms with Crippen molar-refractivity contribution in [2.24, 2.45) is 0 Å². The average Bonchev–Trinajstić information content (AvgIpc) is 2.31. The summed E-state index contributed by atoms with van der Waals surface area (Å²) >= 11 is 5.63. The van der Waals surface area contributed by atoms with Crippen LogP contribution in [0.2, 0.25) is 0 Å². The number of aromatic nitrogens is 2. The minimum absolute atomic E-state index is 0.329. The van der Waals surface area contributed by atoms with Crippen molar-refractivity contribution >= 4 is 11.6 Å². The molecule has 1 aliphatic carbocycles. The van der Waals surface area contributed by atoms with Crippen molar-refractivity contribution < 1.29 is 4.74 Å². The van der Waals surface area contributed by atoms with E-state index in [-0.39, 0.29) is 0 Å². The summed E-state index contributed by atoms with van der Waals surface area (Å²) in [4.78, 5) is 0. The Morgan fingerprint density at radius 3 is 2.60 bits per heavy atom. The molecule has 0 radical (unpaired) electrons. The van der Waals surface area contributed by atoms with Crippen molar-refractivity contribution in [1.29, 1.82) is 0 Å². The van der Waals surface area contributed by atoms with Crippen LogP contribution in [-0.2, 0) is 5.88 Å². The molecule has 0 amide bonds. The summed E-state index contributed by atoms with van der Waals surface area (Å²) in [6, 6.07) is 3.71. The van der Waals surface area contributed by atoms with Crippen molar-refractivity contribution in [1.82, 2.24) is 10.2 Å². The van der Waals surface area contributed by atoms with Gasteiger partial charge in [-0.2, -0.15) is 5.10 Å². The van der Waals surface area contributed by atoms with Crippen molar-refractivity contribution in [3.63, 3.8) is 0 Å². The van der Waals surface area contributed by atoms with Gasteiger partial charge in [-0.15, -0.1) is 16.7 Å². The molecule has 0 aliphatic heterocycles. The first-order valence-corrected chi connectivity index (χ1v) is 5.97. The summed E-state index contributed by atoms with van der Waals surface area (Å²) in [6.07, 6.45) is 6.46. The molecule has 1 saturated carbocycles. The molecule has 0 unspecified atom stereocenters. The summed E-state index contributed by atoms with van der Waals surface area (Å²) in [5.74, 6) is 1.02. The minimum atomic E-state index is 0.329. The number of hydrogen-bond acceptors (Lipinski definition) is 3. The molecule has 0 spiro atoms. The smallest absolute Gasteiger partial charge is 0.233 e. The van der Waals surface area contributed by atoms with Gasteiger partial charge in [0.05, 0.1) is 11.6 Å². The molecular weight excluding hydrogens is 212 g/mol. The van der Waals surface area contributed by atoms with Crippen LogP contribution < -0.4 is 4.74 Å². The second-order valence-corrected chi connectivity index (χ2v) is 4.14. The first-order chi connectivity index (χ1) is 7.38. The highest BCUT2D eigenvalue weighted by Crippen LogP contribution is 2.21. The van der Waals surface area contributed by atoms with Crippen LogP contribution in [0, 0.1) is 0 Å². The molecule has 0 bridgehead atoms.